The van der Waals surface area contributed by atoms with Crippen molar-refractivity contribution in [1.29, 1.82) is 0 Å². The van der Waals surface area contributed by atoms with E-state index in [1.54, 1.807) is 7.05 Å². The van der Waals surface area contributed by atoms with E-state index in [1.165, 1.54) is 4.31 Å². The van der Waals surface area contributed by atoms with Gasteiger partial charge in [-0.3, -0.25) is 0 Å². The lowest BCUT2D eigenvalue weighted by atomic mass is 9.94. The Kier molecular flexibility index (Phi) is 4.01. The van der Waals surface area contributed by atoms with E-state index in [1.807, 2.05) is 0 Å². The Hall–Kier alpha value is 0.200. The van der Waals surface area contributed by atoms with Crippen LogP contribution in [0, 0.1) is 0 Å². The maximum atomic E-state index is 11.6. The van der Waals surface area contributed by atoms with Crippen LogP contribution >= 0.6 is 11.6 Å². The number of alkyl halides is 1. The molecule has 3 nitrogen and oxygen atoms in total. The third-order valence-corrected chi connectivity index (χ3v) is 4.81. The molecule has 1 fully saturated rings. The number of hydrogen-bond donors (Lipinski definition) is 0. The molecule has 1 saturated carbocycles. The topological polar surface area (TPSA) is 37.4 Å². The molecule has 0 aromatic carbocycles. The summed E-state index contributed by atoms with van der Waals surface area (Å²) < 4.78 is 24.7. The van der Waals surface area contributed by atoms with Gasteiger partial charge in [-0.15, -0.1) is 11.6 Å². The summed E-state index contributed by atoms with van der Waals surface area (Å²) in [5.41, 5.74) is 0. The first-order valence-corrected chi connectivity index (χ1v) is 6.74. The highest BCUT2D eigenvalue weighted by Gasteiger charge is 2.29. The van der Waals surface area contributed by atoms with Crippen molar-refractivity contribution in [3.63, 3.8) is 0 Å². The van der Waals surface area contributed by atoms with Crippen molar-refractivity contribution in [2.75, 3.05) is 18.7 Å². The highest BCUT2D eigenvalue weighted by atomic mass is 35.5. The summed E-state index contributed by atoms with van der Waals surface area (Å²) in [6.07, 6.45) is 3.72. The Morgan fingerprint density at radius 1 is 1.46 bits per heavy atom. The Labute approximate surface area is 85.1 Å². The summed E-state index contributed by atoms with van der Waals surface area (Å²) in [6.45, 7) is 0. The maximum Gasteiger partial charge on any atom is 0.214 e. The summed E-state index contributed by atoms with van der Waals surface area (Å²) in [5.74, 6) is 0.598. The number of rotatable bonds is 5. The Morgan fingerprint density at radius 2 is 2.08 bits per heavy atom. The molecule has 0 spiro atoms. The lowest BCUT2D eigenvalue weighted by molar-refractivity contribution is 0.249. The molecule has 0 aliphatic heterocycles. The predicted molar refractivity (Wildman–Crippen MR) is 54.5 cm³/mol. The van der Waals surface area contributed by atoms with Gasteiger partial charge in [0.1, 0.15) is 0 Å². The van der Waals surface area contributed by atoms with E-state index in [0.717, 1.165) is 19.3 Å². The summed E-state index contributed by atoms with van der Waals surface area (Å²) >= 11 is 5.46. The summed E-state index contributed by atoms with van der Waals surface area (Å²) in [7, 11) is -1.36. The van der Waals surface area contributed by atoms with Crippen molar-refractivity contribution in [3.8, 4) is 0 Å². The van der Waals surface area contributed by atoms with Crippen LogP contribution in [-0.4, -0.2) is 37.4 Å². The van der Waals surface area contributed by atoms with Gasteiger partial charge < -0.3 is 0 Å². The maximum absolute atomic E-state index is 11.6. The number of hydrogen-bond acceptors (Lipinski definition) is 2. The number of nitrogens with zero attached hydrogens (tertiary/aromatic N) is 1. The molecular formula is C8H16ClNO2S. The van der Waals surface area contributed by atoms with E-state index in [4.69, 9.17) is 11.6 Å². The van der Waals surface area contributed by atoms with E-state index in [-0.39, 0.29) is 11.8 Å². The minimum atomic E-state index is -3.03. The highest BCUT2D eigenvalue weighted by Crippen LogP contribution is 2.25. The molecule has 0 aromatic heterocycles. The van der Waals surface area contributed by atoms with Gasteiger partial charge in [-0.1, -0.05) is 6.42 Å². The van der Waals surface area contributed by atoms with Crippen molar-refractivity contribution >= 4 is 21.6 Å². The van der Waals surface area contributed by atoms with Crippen molar-refractivity contribution in [3.05, 3.63) is 0 Å². The van der Waals surface area contributed by atoms with Crippen LogP contribution in [0.5, 0.6) is 0 Å². The fourth-order valence-electron chi connectivity index (χ4n) is 1.36. The van der Waals surface area contributed by atoms with E-state index in [0.29, 0.717) is 12.3 Å². The Bertz CT molecular complexity index is 249. The van der Waals surface area contributed by atoms with Gasteiger partial charge in [0.05, 0.1) is 5.75 Å². The molecule has 0 saturated heterocycles. The van der Waals surface area contributed by atoms with Crippen LogP contribution in [0.4, 0.5) is 0 Å². The average molecular weight is 226 g/mol. The van der Waals surface area contributed by atoms with Gasteiger partial charge >= 0.3 is 0 Å². The zero-order chi connectivity index (χ0) is 9.90. The van der Waals surface area contributed by atoms with E-state index >= 15 is 0 Å². The van der Waals surface area contributed by atoms with Crippen LogP contribution in [0.25, 0.3) is 0 Å². The second kappa shape index (κ2) is 4.62. The molecule has 0 unspecified atom stereocenters. The van der Waals surface area contributed by atoms with Crippen LogP contribution in [-0.2, 0) is 10.0 Å². The molecule has 13 heavy (non-hydrogen) atoms. The van der Waals surface area contributed by atoms with Gasteiger partial charge in [0, 0.05) is 19.0 Å². The van der Waals surface area contributed by atoms with E-state index in [2.05, 4.69) is 0 Å². The molecule has 78 valence electrons. The molecule has 0 aromatic rings. The van der Waals surface area contributed by atoms with Crippen LogP contribution in [0.3, 0.4) is 0 Å². The van der Waals surface area contributed by atoms with E-state index < -0.39 is 10.0 Å². The first kappa shape index (κ1) is 11.3. The third-order valence-electron chi connectivity index (χ3n) is 2.56. The zero-order valence-electron chi connectivity index (χ0n) is 7.87. The first-order valence-electron chi connectivity index (χ1n) is 4.59. The molecule has 1 aliphatic rings. The first-order chi connectivity index (χ1) is 6.08. The van der Waals surface area contributed by atoms with E-state index in [9.17, 15) is 8.42 Å². The van der Waals surface area contributed by atoms with Gasteiger partial charge in [-0.25, -0.2) is 12.7 Å². The molecule has 0 heterocycles. The highest BCUT2D eigenvalue weighted by molar-refractivity contribution is 7.89. The van der Waals surface area contributed by atoms with Crippen LogP contribution < -0.4 is 0 Å². The summed E-state index contributed by atoms with van der Waals surface area (Å²) in [5, 5.41) is 0. The minimum absolute atomic E-state index is 0.184. The van der Waals surface area contributed by atoms with Gasteiger partial charge in [0.2, 0.25) is 10.0 Å². The zero-order valence-corrected chi connectivity index (χ0v) is 9.44. The third kappa shape index (κ3) is 2.82. The van der Waals surface area contributed by atoms with Crippen molar-refractivity contribution in [2.24, 2.45) is 0 Å². The average Bonchev–Trinajstić information content (AvgIpc) is 1.97. The largest absolute Gasteiger partial charge is 0.214 e. The van der Waals surface area contributed by atoms with Crippen LogP contribution in [0.2, 0.25) is 0 Å². The monoisotopic (exact) mass is 225 g/mol. The minimum Gasteiger partial charge on any atom is -0.212 e. The molecule has 0 N–H and O–H groups in total. The van der Waals surface area contributed by atoms with Gasteiger partial charge in [0.25, 0.3) is 0 Å². The second-order valence-corrected chi connectivity index (χ2v) is 5.99. The molecule has 0 radical (unpaired) electrons. The fourth-order valence-corrected chi connectivity index (χ4v) is 3.11. The molecule has 0 atom stereocenters. The summed E-state index contributed by atoms with van der Waals surface area (Å²) in [4.78, 5) is 0. The lowest BCUT2D eigenvalue weighted by Gasteiger charge is -2.33. The standard InChI is InChI=1S/C8H16ClNO2S/c1-10(8-4-2-5-8)13(11,12)7-3-6-9/h8H,2-7H2,1H3. The van der Waals surface area contributed by atoms with Gasteiger partial charge in [-0.2, -0.15) is 0 Å². The van der Waals surface area contributed by atoms with Gasteiger partial charge in [0.15, 0.2) is 0 Å². The molecule has 5 heteroatoms. The molecule has 1 rings (SSSR count). The Balaban J connectivity index is 2.47. The number of halogens is 1. The predicted octanol–water partition coefficient (Wildman–Crippen LogP) is 1.43. The van der Waals surface area contributed by atoms with Crippen LogP contribution in [0.1, 0.15) is 25.7 Å². The van der Waals surface area contributed by atoms with Crippen molar-refractivity contribution in [2.45, 2.75) is 31.7 Å². The second-order valence-electron chi connectivity index (χ2n) is 3.46. The summed E-state index contributed by atoms with van der Waals surface area (Å²) in [6, 6.07) is 0.250. The SMILES string of the molecule is CN(C1CCC1)S(=O)(=O)CCCCl. The molecule has 1 aliphatic carbocycles. The Morgan fingerprint density at radius 3 is 2.46 bits per heavy atom. The smallest absolute Gasteiger partial charge is 0.212 e. The van der Waals surface area contributed by atoms with Gasteiger partial charge in [-0.05, 0) is 19.3 Å². The molecular weight excluding hydrogens is 210 g/mol. The fraction of sp³-hybridized carbons (Fsp3) is 1.00. The lowest BCUT2D eigenvalue weighted by Crippen LogP contribution is -2.42. The normalized spacial score (nSPS) is 19.0. The molecule has 0 amide bonds. The van der Waals surface area contributed by atoms with Crippen molar-refractivity contribution in [1.82, 2.24) is 4.31 Å². The van der Waals surface area contributed by atoms with Crippen molar-refractivity contribution < 1.29 is 8.42 Å². The molecule has 0 bridgehead atoms. The number of sulfonamides is 1. The quantitative estimate of drug-likeness (QED) is 0.664. The van der Waals surface area contributed by atoms with Crippen LogP contribution in [0.15, 0.2) is 0 Å².